The van der Waals surface area contributed by atoms with Crippen molar-refractivity contribution in [2.45, 2.75) is 25.1 Å². The Morgan fingerprint density at radius 1 is 1.25 bits per heavy atom. The Morgan fingerprint density at radius 2 is 2.00 bits per heavy atom. The van der Waals surface area contributed by atoms with Crippen LogP contribution in [0.15, 0.2) is 18.2 Å². The van der Waals surface area contributed by atoms with Gasteiger partial charge in [0.2, 0.25) is 0 Å². The van der Waals surface area contributed by atoms with Crippen LogP contribution in [0.4, 0.5) is 27.6 Å². The summed E-state index contributed by atoms with van der Waals surface area (Å²) in [6, 6.07) is 3.46. The molecule has 0 aromatic heterocycles. The van der Waals surface area contributed by atoms with E-state index >= 15 is 0 Å². The van der Waals surface area contributed by atoms with Gasteiger partial charge in [-0.2, -0.15) is 13.2 Å². The van der Waals surface area contributed by atoms with E-state index in [0.29, 0.717) is 19.4 Å². The summed E-state index contributed by atoms with van der Waals surface area (Å²) >= 11 is 0. The second-order valence-corrected chi connectivity index (χ2v) is 4.85. The fourth-order valence-electron chi connectivity index (χ4n) is 2.36. The molecule has 20 heavy (non-hydrogen) atoms. The predicted octanol–water partition coefficient (Wildman–Crippen LogP) is 3.09. The third kappa shape index (κ3) is 3.82. The number of benzene rings is 1. The van der Waals surface area contributed by atoms with Crippen molar-refractivity contribution in [3.63, 3.8) is 0 Å². The molecule has 1 unspecified atom stereocenters. The van der Waals surface area contributed by atoms with Gasteiger partial charge >= 0.3 is 6.18 Å². The van der Waals surface area contributed by atoms with Crippen molar-refractivity contribution in [2.24, 2.45) is 0 Å². The van der Waals surface area contributed by atoms with E-state index in [1.807, 2.05) is 0 Å². The second kappa shape index (κ2) is 5.95. The van der Waals surface area contributed by atoms with Gasteiger partial charge in [-0.15, -0.1) is 0 Å². The first-order chi connectivity index (χ1) is 9.37. The minimum atomic E-state index is -4.27. The van der Waals surface area contributed by atoms with E-state index in [9.17, 15) is 22.0 Å². The van der Waals surface area contributed by atoms with Crippen LogP contribution in [-0.4, -0.2) is 31.9 Å². The van der Waals surface area contributed by atoms with Gasteiger partial charge in [0.25, 0.3) is 0 Å². The molecule has 0 aliphatic carbocycles. The van der Waals surface area contributed by atoms with E-state index in [-0.39, 0.29) is 18.3 Å². The largest absolute Gasteiger partial charge is 0.401 e. The summed E-state index contributed by atoms with van der Waals surface area (Å²) in [7, 11) is 0. The molecule has 1 aliphatic heterocycles. The van der Waals surface area contributed by atoms with Gasteiger partial charge in [0.1, 0.15) is 0 Å². The smallest absolute Gasteiger partial charge is 0.368 e. The van der Waals surface area contributed by atoms with Gasteiger partial charge in [-0.25, -0.2) is 8.78 Å². The minimum absolute atomic E-state index is 0.100. The summed E-state index contributed by atoms with van der Waals surface area (Å²) < 4.78 is 63.3. The van der Waals surface area contributed by atoms with Crippen LogP contribution >= 0.6 is 0 Å². The van der Waals surface area contributed by atoms with Gasteiger partial charge in [0, 0.05) is 19.1 Å². The molecule has 0 bridgehead atoms. The lowest BCUT2D eigenvalue weighted by molar-refractivity contribution is -0.126. The lowest BCUT2D eigenvalue weighted by atomic mass is 10.0. The molecule has 0 radical (unpaired) electrons. The van der Waals surface area contributed by atoms with Crippen LogP contribution in [0.3, 0.4) is 0 Å². The summed E-state index contributed by atoms with van der Waals surface area (Å²) in [4.78, 5) is 1.58. The quantitative estimate of drug-likeness (QED) is 0.862. The first-order valence-electron chi connectivity index (χ1n) is 6.36. The monoisotopic (exact) mass is 294 g/mol. The molecule has 1 aromatic rings. The Morgan fingerprint density at radius 3 is 2.70 bits per heavy atom. The van der Waals surface area contributed by atoms with Crippen molar-refractivity contribution in [2.75, 3.05) is 24.5 Å². The fourth-order valence-corrected chi connectivity index (χ4v) is 2.36. The SMILES string of the molecule is Fc1cccc(N2CCCC(NCC(F)(F)F)C2)c1F. The molecule has 1 atom stereocenters. The Bertz CT molecular complexity index is 461. The van der Waals surface area contributed by atoms with Crippen molar-refractivity contribution in [1.29, 1.82) is 0 Å². The molecule has 0 saturated carbocycles. The van der Waals surface area contributed by atoms with Crippen molar-refractivity contribution >= 4 is 5.69 Å². The van der Waals surface area contributed by atoms with E-state index in [2.05, 4.69) is 5.32 Å². The average Bonchev–Trinajstić information content (AvgIpc) is 2.39. The molecule has 7 heteroatoms. The van der Waals surface area contributed by atoms with Crippen LogP contribution in [0, 0.1) is 11.6 Å². The highest BCUT2D eigenvalue weighted by Gasteiger charge is 2.30. The maximum absolute atomic E-state index is 13.7. The predicted molar refractivity (Wildman–Crippen MR) is 65.7 cm³/mol. The average molecular weight is 294 g/mol. The molecule has 2 nitrogen and oxygen atoms in total. The Hall–Kier alpha value is -1.37. The van der Waals surface area contributed by atoms with Crippen LogP contribution in [0.5, 0.6) is 0 Å². The van der Waals surface area contributed by atoms with Crippen LogP contribution in [0.2, 0.25) is 0 Å². The van der Waals surface area contributed by atoms with Crippen LogP contribution in [0.25, 0.3) is 0 Å². The Kier molecular flexibility index (Phi) is 4.47. The summed E-state index contributed by atoms with van der Waals surface area (Å²) in [6.45, 7) is -0.335. The number of nitrogens with zero attached hydrogens (tertiary/aromatic N) is 1. The first-order valence-corrected chi connectivity index (χ1v) is 6.36. The zero-order valence-corrected chi connectivity index (χ0v) is 10.7. The summed E-state index contributed by atoms with van der Waals surface area (Å²) in [5, 5.41) is 2.41. The number of hydrogen-bond acceptors (Lipinski definition) is 2. The normalized spacial score (nSPS) is 20.2. The highest BCUT2D eigenvalue weighted by atomic mass is 19.4. The molecular weight excluding hydrogens is 279 g/mol. The van der Waals surface area contributed by atoms with Crippen molar-refractivity contribution in [3.05, 3.63) is 29.8 Å². The third-order valence-corrected chi connectivity index (χ3v) is 3.28. The Balaban J connectivity index is 2.01. The molecule has 1 aromatic carbocycles. The number of halogens is 5. The van der Waals surface area contributed by atoms with Gasteiger partial charge < -0.3 is 10.2 Å². The van der Waals surface area contributed by atoms with Gasteiger partial charge in [-0.05, 0) is 25.0 Å². The van der Waals surface area contributed by atoms with Crippen molar-refractivity contribution in [1.82, 2.24) is 5.32 Å². The molecule has 1 aliphatic rings. The number of nitrogens with one attached hydrogen (secondary N) is 1. The molecule has 1 fully saturated rings. The molecule has 0 amide bonds. The maximum atomic E-state index is 13.7. The zero-order chi connectivity index (χ0) is 14.8. The van der Waals surface area contributed by atoms with Crippen LogP contribution in [-0.2, 0) is 0 Å². The third-order valence-electron chi connectivity index (χ3n) is 3.28. The van der Waals surface area contributed by atoms with Crippen LogP contribution < -0.4 is 10.2 Å². The summed E-state index contributed by atoms with van der Waals surface area (Å²) in [5.74, 6) is -1.91. The number of piperidine rings is 1. The van der Waals surface area contributed by atoms with E-state index in [0.717, 1.165) is 6.07 Å². The number of hydrogen-bond donors (Lipinski definition) is 1. The minimum Gasteiger partial charge on any atom is -0.368 e. The number of alkyl halides is 3. The van der Waals surface area contributed by atoms with Crippen molar-refractivity contribution < 1.29 is 22.0 Å². The van der Waals surface area contributed by atoms with Gasteiger partial charge in [0.05, 0.1) is 12.2 Å². The molecule has 2 rings (SSSR count). The van der Waals surface area contributed by atoms with E-state index < -0.39 is 24.4 Å². The first kappa shape index (κ1) is 15.0. The maximum Gasteiger partial charge on any atom is 0.401 e. The molecule has 1 saturated heterocycles. The number of anilines is 1. The molecule has 1 N–H and O–H groups in total. The van der Waals surface area contributed by atoms with Gasteiger partial charge in [0.15, 0.2) is 11.6 Å². The highest BCUT2D eigenvalue weighted by molar-refractivity contribution is 5.48. The summed E-state index contributed by atoms with van der Waals surface area (Å²) in [6.07, 6.45) is -3.05. The van der Waals surface area contributed by atoms with Gasteiger partial charge in [-0.1, -0.05) is 6.07 Å². The Labute approximate surface area is 113 Å². The highest BCUT2D eigenvalue weighted by Crippen LogP contribution is 2.25. The van der Waals surface area contributed by atoms with E-state index in [1.165, 1.54) is 12.1 Å². The van der Waals surface area contributed by atoms with Gasteiger partial charge in [-0.3, -0.25) is 0 Å². The zero-order valence-electron chi connectivity index (χ0n) is 10.7. The molecule has 112 valence electrons. The molecule has 0 spiro atoms. The van der Waals surface area contributed by atoms with Crippen LogP contribution in [0.1, 0.15) is 12.8 Å². The standard InChI is InChI=1S/C13H15F5N2/c14-10-4-1-5-11(12(10)15)20-6-2-3-9(7-20)19-8-13(16,17)18/h1,4-5,9,19H,2-3,6-8H2. The lowest BCUT2D eigenvalue weighted by Gasteiger charge is -2.35. The van der Waals surface area contributed by atoms with E-state index in [4.69, 9.17) is 0 Å². The topological polar surface area (TPSA) is 15.3 Å². The van der Waals surface area contributed by atoms with E-state index in [1.54, 1.807) is 4.90 Å². The van der Waals surface area contributed by atoms with Crippen molar-refractivity contribution in [3.8, 4) is 0 Å². The molecular formula is C13H15F5N2. The lowest BCUT2D eigenvalue weighted by Crippen LogP contribution is -2.48. The fraction of sp³-hybridized carbons (Fsp3) is 0.538. The second-order valence-electron chi connectivity index (χ2n) is 4.85. The molecule has 1 heterocycles. The number of rotatable bonds is 3. The summed E-state index contributed by atoms with van der Waals surface area (Å²) in [5.41, 5.74) is 0.100.